The molecular weight excluding hydrogens is 214 g/mol. The van der Waals surface area contributed by atoms with Crippen molar-refractivity contribution in [3.05, 3.63) is 35.9 Å². The van der Waals surface area contributed by atoms with Gasteiger partial charge in [0.15, 0.2) is 0 Å². The summed E-state index contributed by atoms with van der Waals surface area (Å²) in [5.74, 6) is -0.140. The first-order valence-corrected chi connectivity index (χ1v) is 6.03. The van der Waals surface area contributed by atoms with Crippen molar-refractivity contribution < 1.29 is 9.59 Å². The number of hydrogen-bond donors (Lipinski definition) is 0. The van der Waals surface area contributed by atoms with Crippen LogP contribution in [0.25, 0.3) is 0 Å². The summed E-state index contributed by atoms with van der Waals surface area (Å²) in [6.07, 6.45) is 3.14. The SMILES string of the molecule is CN1C(=O)CC(CCCc2ccccc2)C1=O. The molecule has 1 aromatic rings. The van der Waals surface area contributed by atoms with Crippen LogP contribution in [0.1, 0.15) is 24.8 Å². The number of aryl methyl sites for hydroxylation is 1. The predicted octanol–water partition coefficient (Wildman–Crippen LogP) is 2.01. The van der Waals surface area contributed by atoms with E-state index in [-0.39, 0.29) is 17.7 Å². The standard InChI is InChI=1S/C14H17NO2/c1-15-13(16)10-12(14(15)17)9-5-8-11-6-3-2-4-7-11/h2-4,6-7,12H,5,8-10H2,1H3. The number of likely N-dealkylation sites (tertiary alicyclic amines) is 1. The van der Waals surface area contributed by atoms with Crippen LogP contribution >= 0.6 is 0 Å². The zero-order valence-corrected chi connectivity index (χ0v) is 10.1. The lowest BCUT2D eigenvalue weighted by Crippen LogP contribution is -2.25. The van der Waals surface area contributed by atoms with E-state index in [2.05, 4.69) is 12.1 Å². The molecule has 1 aliphatic heterocycles. The molecule has 1 unspecified atom stereocenters. The number of hydrogen-bond acceptors (Lipinski definition) is 2. The summed E-state index contributed by atoms with van der Waals surface area (Å²) in [4.78, 5) is 24.3. The highest BCUT2D eigenvalue weighted by Crippen LogP contribution is 2.23. The number of benzene rings is 1. The molecule has 1 heterocycles. The van der Waals surface area contributed by atoms with Gasteiger partial charge in [-0.3, -0.25) is 14.5 Å². The summed E-state index contributed by atoms with van der Waals surface area (Å²) in [7, 11) is 1.57. The van der Waals surface area contributed by atoms with Gasteiger partial charge in [0.1, 0.15) is 0 Å². The van der Waals surface area contributed by atoms with Crippen LogP contribution in [0, 0.1) is 5.92 Å². The fraction of sp³-hybridized carbons (Fsp3) is 0.429. The van der Waals surface area contributed by atoms with Gasteiger partial charge < -0.3 is 0 Å². The molecule has 1 saturated heterocycles. The van der Waals surface area contributed by atoms with Crippen LogP contribution in [0.5, 0.6) is 0 Å². The maximum atomic E-state index is 11.7. The third kappa shape index (κ3) is 2.73. The second kappa shape index (κ2) is 5.13. The van der Waals surface area contributed by atoms with Gasteiger partial charge in [-0.1, -0.05) is 30.3 Å². The van der Waals surface area contributed by atoms with E-state index in [1.807, 2.05) is 18.2 Å². The third-order valence-corrected chi connectivity index (χ3v) is 3.34. The van der Waals surface area contributed by atoms with E-state index < -0.39 is 0 Å². The molecule has 0 bridgehead atoms. The first-order valence-electron chi connectivity index (χ1n) is 6.03. The molecule has 0 aromatic heterocycles. The number of carbonyl (C=O) groups is 2. The Morgan fingerprint density at radius 1 is 1.24 bits per heavy atom. The van der Waals surface area contributed by atoms with Gasteiger partial charge in [-0.15, -0.1) is 0 Å². The van der Waals surface area contributed by atoms with E-state index >= 15 is 0 Å². The Kier molecular flexibility index (Phi) is 3.57. The number of imide groups is 1. The molecule has 1 aliphatic rings. The second-order valence-electron chi connectivity index (χ2n) is 4.57. The summed E-state index contributed by atoms with van der Waals surface area (Å²) >= 11 is 0. The number of nitrogens with zero attached hydrogens (tertiary/aromatic N) is 1. The van der Waals surface area contributed by atoms with E-state index in [9.17, 15) is 9.59 Å². The lowest BCUT2D eigenvalue weighted by molar-refractivity contribution is -0.137. The Balaban J connectivity index is 1.80. The summed E-state index contributed by atoms with van der Waals surface area (Å²) < 4.78 is 0. The largest absolute Gasteiger partial charge is 0.285 e. The van der Waals surface area contributed by atoms with Crippen molar-refractivity contribution in [3.8, 4) is 0 Å². The molecule has 3 nitrogen and oxygen atoms in total. The van der Waals surface area contributed by atoms with Crippen LogP contribution in [0.2, 0.25) is 0 Å². The second-order valence-corrected chi connectivity index (χ2v) is 4.57. The van der Waals surface area contributed by atoms with Crippen molar-refractivity contribution in [3.63, 3.8) is 0 Å². The maximum absolute atomic E-state index is 11.7. The molecule has 1 atom stereocenters. The van der Waals surface area contributed by atoms with E-state index in [0.29, 0.717) is 6.42 Å². The molecule has 0 spiro atoms. The smallest absolute Gasteiger partial charge is 0.232 e. The number of rotatable bonds is 4. The van der Waals surface area contributed by atoms with Gasteiger partial charge >= 0.3 is 0 Å². The van der Waals surface area contributed by atoms with E-state index in [1.165, 1.54) is 10.5 Å². The van der Waals surface area contributed by atoms with Crippen molar-refractivity contribution in [2.75, 3.05) is 7.05 Å². The molecule has 0 aliphatic carbocycles. The topological polar surface area (TPSA) is 37.4 Å². The first kappa shape index (κ1) is 11.8. The Morgan fingerprint density at radius 3 is 2.53 bits per heavy atom. The number of carbonyl (C=O) groups excluding carboxylic acids is 2. The fourth-order valence-corrected chi connectivity index (χ4v) is 2.25. The van der Waals surface area contributed by atoms with Crippen LogP contribution < -0.4 is 0 Å². The summed E-state index contributed by atoms with van der Waals surface area (Å²) in [6.45, 7) is 0. The van der Waals surface area contributed by atoms with Crippen molar-refractivity contribution in [2.24, 2.45) is 5.92 Å². The molecule has 2 rings (SSSR count). The molecule has 0 N–H and O–H groups in total. The van der Waals surface area contributed by atoms with Crippen LogP contribution in [0.3, 0.4) is 0 Å². The quantitative estimate of drug-likeness (QED) is 0.743. The van der Waals surface area contributed by atoms with E-state index in [1.54, 1.807) is 7.05 Å². The lowest BCUT2D eigenvalue weighted by atomic mass is 9.98. The Labute approximate surface area is 101 Å². The minimum absolute atomic E-state index is 0.0111. The van der Waals surface area contributed by atoms with Crippen molar-refractivity contribution in [1.82, 2.24) is 4.90 Å². The van der Waals surface area contributed by atoms with E-state index in [4.69, 9.17) is 0 Å². The summed E-state index contributed by atoms with van der Waals surface area (Å²) in [5, 5.41) is 0. The van der Waals surface area contributed by atoms with Crippen LogP contribution in [0.4, 0.5) is 0 Å². The Hall–Kier alpha value is -1.64. The van der Waals surface area contributed by atoms with E-state index in [0.717, 1.165) is 19.3 Å². The molecule has 2 amide bonds. The molecule has 90 valence electrons. The number of amides is 2. The monoisotopic (exact) mass is 231 g/mol. The molecule has 17 heavy (non-hydrogen) atoms. The van der Waals surface area contributed by atoms with Crippen molar-refractivity contribution in [2.45, 2.75) is 25.7 Å². The Bertz CT molecular complexity index is 413. The fourth-order valence-electron chi connectivity index (χ4n) is 2.25. The van der Waals surface area contributed by atoms with Gasteiger partial charge in [0.2, 0.25) is 11.8 Å². The predicted molar refractivity (Wildman–Crippen MR) is 65.3 cm³/mol. The minimum Gasteiger partial charge on any atom is -0.285 e. The van der Waals surface area contributed by atoms with Gasteiger partial charge in [-0.25, -0.2) is 0 Å². The van der Waals surface area contributed by atoms with Crippen LogP contribution in [-0.2, 0) is 16.0 Å². The van der Waals surface area contributed by atoms with Crippen molar-refractivity contribution >= 4 is 11.8 Å². The Morgan fingerprint density at radius 2 is 1.94 bits per heavy atom. The van der Waals surface area contributed by atoms with Crippen LogP contribution in [0.15, 0.2) is 30.3 Å². The van der Waals surface area contributed by atoms with Gasteiger partial charge in [0, 0.05) is 19.4 Å². The van der Waals surface area contributed by atoms with Gasteiger partial charge in [-0.05, 0) is 24.8 Å². The highest BCUT2D eigenvalue weighted by molar-refractivity contribution is 6.03. The zero-order chi connectivity index (χ0) is 12.3. The summed E-state index contributed by atoms with van der Waals surface area (Å²) in [6, 6.07) is 10.2. The third-order valence-electron chi connectivity index (χ3n) is 3.34. The van der Waals surface area contributed by atoms with Gasteiger partial charge in [0.25, 0.3) is 0 Å². The maximum Gasteiger partial charge on any atom is 0.232 e. The highest BCUT2D eigenvalue weighted by Gasteiger charge is 2.35. The summed E-state index contributed by atoms with van der Waals surface area (Å²) in [5.41, 5.74) is 1.29. The molecule has 0 radical (unpaired) electrons. The normalized spacial score (nSPS) is 20.1. The minimum atomic E-state index is -0.0868. The van der Waals surface area contributed by atoms with Gasteiger partial charge in [-0.2, -0.15) is 0 Å². The van der Waals surface area contributed by atoms with Crippen LogP contribution in [-0.4, -0.2) is 23.8 Å². The average Bonchev–Trinajstić information content (AvgIpc) is 2.59. The zero-order valence-electron chi connectivity index (χ0n) is 10.1. The first-order chi connectivity index (χ1) is 8.18. The molecule has 1 fully saturated rings. The molecule has 1 aromatic carbocycles. The lowest BCUT2D eigenvalue weighted by Gasteiger charge is -2.08. The molecule has 0 saturated carbocycles. The van der Waals surface area contributed by atoms with Crippen molar-refractivity contribution in [1.29, 1.82) is 0 Å². The van der Waals surface area contributed by atoms with Gasteiger partial charge in [0.05, 0.1) is 0 Å². The molecular formula is C14H17NO2. The highest BCUT2D eigenvalue weighted by atomic mass is 16.2. The molecule has 3 heteroatoms. The average molecular weight is 231 g/mol.